The largest absolute Gasteiger partial charge is 0.393 e. The summed E-state index contributed by atoms with van der Waals surface area (Å²) < 4.78 is 2.37. The molecule has 0 spiro atoms. The lowest BCUT2D eigenvalue weighted by atomic mass is 9.96. The van der Waals surface area contributed by atoms with Crippen molar-refractivity contribution < 1.29 is 5.11 Å². The quantitative estimate of drug-likeness (QED) is 0.331. The summed E-state index contributed by atoms with van der Waals surface area (Å²) in [5.74, 6) is 1.67. The van der Waals surface area contributed by atoms with Gasteiger partial charge in [0.25, 0.3) is 0 Å². The van der Waals surface area contributed by atoms with Gasteiger partial charge in [-0.3, -0.25) is 0 Å². The molecule has 0 radical (unpaired) electrons. The van der Waals surface area contributed by atoms with Crippen LogP contribution in [0.1, 0.15) is 60.9 Å². The molecule has 37 heavy (non-hydrogen) atoms. The van der Waals surface area contributed by atoms with E-state index in [1.54, 1.807) is 0 Å². The molecule has 3 aromatic heterocycles. The van der Waals surface area contributed by atoms with E-state index >= 15 is 0 Å². The highest BCUT2D eigenvalue weighted by Gasteiger charge is 2.29. The summed E-state index contributed by atoms with van der Waals surface area (Å²) in [6.45, 7) is 6.10. The Balaban J connectivity index is 1.41. The first-order valence-corrected chi connectivity index (χ1v) is 13.0. The second-order valence-corrected chi connectivity index (χ2v) is 9.99. The van der Waals surface area contributed by atoms with Crippen LogP contribution in [0, 0.1) is 6.92 Å². The Hall–Kier alpha value is -3.91. The maximum atomic E-state index is 9.79. The van der Waals surface area contributed by atoms with Gasteiger partial charge in [0.2, 0.25) is 5.82 Å². The number of tetrazole rings is 1. The Kier molecular flexibility index (Phi) is 6.04. The van der Waals surface area contributed by atoms with Gasteiger partial charge in [0.1, 0.15) is 11.3 Å². The van der Waals surface area contributed by atoms with E-state index in [0.717, 1.165) is 70.6 Å². The van der Waals surface area contributed by atoms with E-state index in [0.29, 0.717) is 12.2 Å². The molecule has 1 aliphatic carbocycles. The number of H-pyrrole nitrogens is 1. The minimum Gasteiger partial charge on any atom is -0.393 e. The summed E-state index contributed by atoms with van der Waals surface area (Å²) in [5, 5.41) is 24.5. The molecule has 188 valence electrons. The van der Waals surface area contributed by atoms with Crippen molar-refractivity contribution in [3.63, 3.8) is 0 Å². The van der Waals surface area contributed by atoms with Gasteiger partial charge in [-0.25, -0.2) is 9.97 Å². The number of aromatic nitrogens is 7. The first-order valence-electron chi connectivity index (χ1n) is 13.0. The number of hydrogen-bond acceptors (Lipinski definition) is 6. The van der Waals surface area contributed by atoms with E-state index in [9.17, 15) is 5.11 Å². The zero-order valence-corrected chi connectivity index (χ0v) is 21.4. The third-order valence-electron chi connectivity index (χ3n) is 7.42. The lowest BCUT2D eigenvalue weighted by Crippen LogP contribution is -2.12. The number of aliphatic hydroxyl groups is 1. The van der Waals surface area contributed by atoms with Crippen molar-refractivity contribution in [2.45, 2.75) is 65.0 Å². The molecule has 8 nitrogen and oxygen atoms in total. The van der Waals surface area contributed by atoms with Crippen LogP contribution in [-0.4, -0.2) is 46.4 Å². The summed E-state index contributed by atoms with van der Waals surface area (Å²) >= 11 is 0. The van der Waals surface area contributed by atoms with Crippen molar-refractivity contribution in [2.75, 3.05) is 0 Å². The molecule has 0 saturated heterocycles. The van der Waals surface area contributed by atoms with Crippen molar-refractivity contribution in [1.29, 1.82) is 0 Å². The number of benzene rings is 2. The van der Waals surface area contributed by atoms with Crippen LogP contribution in [0.3, 0.4) is 0 Å². The molecule has 2 aromatic carbocycles. The van der Waals surface area contributed by atoms with Crippen molar-refractivity contribution in [3.05, 3.63) is 76.7 Å². The Morgan fingerprint density at radius 2 is 1.95 bits per heavy atom. The molecule has 0 unspecified atom stereocenters. The van der Waals surface area contributed by atoms with Crippen LogP contribution in [0.15, 0.2) is 48.5 Å². The number of aryl methyl sites for hydroxylation is 4. The van der Waals surface area contributed by atoms with E-state index in [-0.39, 0.29) is 12.1 Å². The van der Waals surface area contributed by atoms with Crippen LogP contribution in [0.5, 0.6) is 0 Å². The van der Waals surface area contributed by atoms with E-state index in [2.05, 4.69) is 69.4 Å². The molecule has 6 rings (SSSR count). The summed E-state index contributed by atoms with van der Waals surface area (Å²) in [5.41, 5.74) is 10.0. The van der Waals surface area contributed by atoms with Crippen molar-refractivity contribution >= 4 is 11.2 Å². The number of imidazole rings is 1. The normalized spacial score (nSPS) is 15.8. The average molecular weight is 494 g/mol. The minimum absolute atomic E-state index is 0.204. The van der Waals surface area contributed by atoms with Crippen molar-refractivity contribution in [1.82, 2.24) is 35.2 Å². The van der Waals surface area contributed by atoms with E-state index in [1.807, 2.05) is 25.1 Å². The fourth-order valence-electron chi connectivity index (χ4n) is 5.63. The minimum atomic E-state index is -0.338. The molecule has 5 aromatic rings. The van der Waals surface area contributed by atoms with Crippen LogP contribution in [-0.2, 0) is 19.3 Å². The molecule has 8 heteroatoms. The Labute approximate surface area is 215 Å². The smallest absolute Gasteiger partial charge is 0.205 e. The molecule has 2 atom stereocenters. The van der Waals surface area contributed by atoms with Crippen LogP contribution in [0.4, 0.5) is 0 Å². The average Bonchev–Trinajstić information content (AvgIpc) is 3.65. The first kappa shape index (κ1) is 23.5. The molecular formula is C29H31N7O. The van der Waals surface area contributed by atoms with Gasteiger partial charge < -0.3 is 9.67 Å². The monoisotopic (exact) mass is 493 g/mol. The predicted molar refractivity (Wildman–Crippen MR) is 143 cm³/mol. The Morgan fingerprint density at radius 3 is 2.70 bits per heavy atom. The number of nitrogens with one attached hydrogen (secondary N) is 1. The predicted octanol–water partition coefficient (Wildman–Crippen LogP) is 5.00. The summed E-state index contributed by atoms with van der Waals surface area (Å²) in [6.07, 6.45) is 3.98. The van der Waals surface area contributed by atoms with Gasteiger partial charge in [-0.05, 0) is 78.6 Å². The molecule has 3 heterocycles. The zero-order valence-electron chi connectivity index (χ0n) is 21.4. The first-order chi connectivity index (χ1) is 18.0. The third kappa shape index (κ3) is 4.21. The molecule has 0 aliphatic heterocycles. The molecule has 1 aliphatic rings. The standard InChI is InChI=1S/C29H31N7O/c1-4-26-31-27-17(2)15-21(12-9-18(3)37)30-29(27)36(26)25-14-11-20-16-19(10-13-23(20)25)22-7-5-6-8-24(22)28-32-34-35-33-28/h5-8,10,13,15-16,18,25,37H,4,9,11-12,14H2,1-3H3,(H,32,33,34,35)/t18-,25-/m0/s1. The second-order valence-electron chi connectivity index (χ2n) is 9.99. The fourth-order valence-corrected chi connectivity index (χ4v) is 5.63. The number of nitrogens with zero attached hydrogens (tertiary/aromatic N) is 6. The SMILES string of the molecule is CCc1nc2c(C)cc(CC[C@H](C)O)nc2n1[C@H]1CCc2cc(-c3ccccc3-c3nn[nH]n3)ccc21. The number of fused-ring (bicyclic) bond motifs is 2. The summed E-state index contributed by atoms with van der Waals surface area (Å²) in [4.78, 5) is 10.1. The lowest BCUT2D eigenvalue weighted by Gasteiger charge is -2.18. The van der Waals surface area contributed by atoms with E-state index in [4.69, 9.17) is 9.97 Å². The van der Waals surface area contributed by atoms with Crippen LogP contribution < -0.4 is 0 Å². The summed E-state index contributed by atoms with van der Waals surface area (Å²) in [6, 6.07) is 17.3. The highest BCUT2D eigenvalue weighted by molar-refractivity contribution is 5.81. The maximum Gasteiger partial charge on any atom is 0.205 e. The van der Waals surface area contributed by atoms with Crippen molar-refractivity contribution in [2.24, 2.45) is 0 Å². The van der Waals surface area contributed by atoms with Crippen LogP contribution in [0.25, 0.3) is 33.7 Å². The molecule has 0 bridgehead atoms. The summed E-state index contributed by atoms with van der Waals surface area (Å²) in [7, 11) is 0. The molecule has 0 amide bonds. The van der Waals surface area contributed by atoms with Gasteiger partial charge in [0.15, 0.2) is 5.65 Å². The van der Waals surface area contributed by atoms with E-state index < -0.39 is 0 Å². The Bertz CT molecular complexity index is 1570. The highest BCUT2D eigenvalue weighted by atomic mass is 16.3. The van der Waals surface area contributed by atoms with Gasteiger partial charge in [-0.1, -0.05) is 49.4 Å². The highest BCUT2D eigenvalue weighted by Crippen LogP contribution is 2.40. The number of aliphatic hydroxyl groups excluding tert-OH is 1. The molecule has 2 N–H and O–H groups in total. The number of hydrogen-bond donors (Lipinski definition) is 2. The van der Waals surface area contributed by atoms with Gasteiger partial charge in [-0.15, -0.1) is 10.2 Å². The number of rotatable bonds is 7. The van der Waals surface area contributed by atoms with Crippen molar-refractivity contribution in [3.8, 4) is 22.5 Å². The van der Waals surface area contributed by atoms with Gasteiger partial charge >= 0.3 is 0 Å². The number of pyridine rings is 1. The van der Waals surface area contributed by atoms with Crippen LogP contribution >= 0.6 is 0 Å². The molecule has 0 fully saturated rings. The van der Waals surface area contributed by atoms with Gasteiger partial charge in [0.05, 0.1) is 12.1 Å². The topological polar surface area (TPSA) is 105 Å². The lowest BCUT2D eigenvalue weighted by molar-refractivity contribution is 0.184. The maximum absolute atomic E-state index is 9.79. The second kappa shape index (κ2) is 9.52. The van der Waals surface area contributed by atoms with Gasteiger partial charge in [-0.2, -0.15) is 5.21 Å². The molecular weight excluding hydrogens is 462 g/mol. The molecule has 0 saturated carbocycles. The third-order valence-corrected chi connectivity index (χ3v) is 7.42. The van der Waals surface area contributed by atoms with Crippen LogP contribution in [0.2, 0.25) is 0 Å². The van der Waals surface area contributed by atoms with E-state index in [1.165, 1.54) is 11.1 Å². The van der Waals surface area contributed by atoms with Gasteiger partial charge in [0, 0.05) is 17.7 Å². The number of aromatic amines is 1. The zero-order chi connectivity index (χ0) is 25.5. The fraction of sp³-hybridized carbons (Fsp3) is 0.345. The Morgan fingerprint density at radius 1 is 1.11 bits per heavy atom.